The number of nitrogens with one attached hydrogen (secondary N) is 1. The number of rotatable bonds is 4. The second kappa shape index (κ2) is 4.70. The van der Waals surface area contributed by atoms with Gasteiger partial charge in [0.25, 0.3) is 0 Å². The molecule has 0 amide bonds. The van der Waals surface area contributed by atoms with E-state index in [9.17, 15) is 0 Å². The first-order valence-corrected chi connectivity index (χ1v) is 5.85. The van der Waals surface area contributed by atoms with E-state index in [1.54, 1.807) is 6.26 Å². The number of hydrogen-bond donors (Lipinski definition) is 1. The van der Waals surface area contributed by atoms with E-state index in [1.807, 2.05) is 24.3 Å². The van der Waals surface area contributed by atoms with Gasteiger partial charge >= 0.3 is 0 Å². The summed E-state index contributed by atoms with van der Waals surface area (Å²) in [6, 6.07) is 8.03. The maximum absolute atomic E-state index is 5.36. The molecule has 1 aromatic heterocycles. The molecule has 2 aromatic rings. The van der Waals surface area contributed by atoms with Crippen LogP contribution < -0.4 is 14.8 Å². The van der Waals surface area contributed by atoms with Gasteiger partial charge in [0.15, 0.2) is 11.5 Å². The van der Waals surface area contributed by atoms with Crippen molar-refractivity contribution in [1.29, 1.82) is 0 Å². The van der Waals surface area contributed by atoms with Crippen LogP contribution in [-0.2, 0) is 6.54 Å². The third-order valence-corrected chi connectivity index (χ3v) is 2.98. The zero-order chi connectivity index (χ0) is 12.4. The third-order valence-electron chi connectivity index (χ3n) is 2.98. The van der Waals surface area contributed by atoms with Gasteiger partial charge in [-0.25, -0.2) is 0 Å². The third kappa shape index (κ3) is 2.17. The van der Waals surface area contributed by atoms with E-state index in [1.165, 1.54) is 0 Å². The lowest BCUT2D eigenvalue weighted by atomic mass is 10.1. The fraction of sp³-hybridized carbons (Fsp3) is 0.308. The summed E-state index contributed by atoms with van der Waals surface area (Å²) in [6.45, 7) is 3.07. The van der Waals surface area contributed by atoms with Crippen molar-refractivity contribution in [2.45, 2.75) is 19.5 Å². The van der Waals surface area contributed by atoms with Gasteiger partial charge in [0.05, 0.1) is 5.69 Å². The van der Waals surface area contributed by atoms with Gasteiger partial charge in [-0.05, 0) is 24.6 Å². The molecular formula is C13H14N2O3. The van der Waals surface area contributed by atoms with E-state index in [0.717, 1.165) is 22.8 Å². The Morgan fingerprint density at radius 2 is 2.17 bits per heavy atom. The Bertz CT molecular complexity index is 525. The molecule has 1 atom stereocenters. The number of nitrogens with zero attached hydrogens (tertiary/aromatic N) is 1. The Morgan fingerprint density at radius 1 is 1.28 bits per heavy atom. The number of hydrogen-bond acceptors (Lipinski definition) is 5. The Morgan fingerprint density at radius 3 is 3.00 bits per heavy atom. The summed E-state index contributed by atoms with van der Waals surface area (Å²) in [4.78, 5) is 0. The van der Waals surface area contributed by atoms with Gasteiger partial charge in [0.1, 0.15) is 6.26 Å². The smallest absolute Gasteiger partial charge is 0.231 e. The molecule has 94 valence electrons. The number of benzene rings is 1. The maximum Gasteiger partial charge on any atom is 0.231 e. The minimum atomic E-state index is 0.205. The summed E-state index contributed by atoms with van der Waals surface area (Å²) in [5, 5.41) is 7.23. The van der Waals surface area contributed by atoms with Gasteiger partial charge in [-0.15, -0.1) is 0 Å². The van der Waals surface area contributed by atoms with Crippen molar-refractivity contribution >= 4 is 0 Å². The Labute approximate surface area is 105 Å². The van der Waals surface area contributed by atoms with Crippen molar-refractivity contribution < 1.29 is 14.0 Å². The van der Waals surface area contributed by atoms with E-state index in [-0.39, 0.29) is 6.04 Å². The lowest BCUT2D eigenvalue weighted by Gasteiger charge is -2.13. The van der Waals surface area contributed by atoms with Crippen molar-refractivity contribution in [2.24, 2.45) is 0 Å². The van der Waals surface area contributed by atoms with E-state index in [2.05, 4.69) is 17.4 Å². The Kier molecular flexibility index (Phi) is 2.90. The molecule has 1 N–H and O–H groups in total. The summed E-state index contributed by atoms with van der Waals surface area (Å²) in [5.74, 6) is 1.62. The fourth-order valence-electron chi connectivity index (χ4n) is 1.89. The van der Waals surface area contributed by atoms with Crippen LogP contribution in [-0.4, -0.2) is 11.9 Å². The molecule has 1 aromatic carbocycles. The second-order valence-corrected chi connectivity index (χ2v) is 4.21. The van der Waals surface area contributed by atoms with Crippen LogP contribution in [0.3, 0.4) is 0 Å². The lowest BCUT2D eigenvalue weighted by Crippen LogP contribution is -2.18. The van der Waals surface area contributed by atoms with E-state index in [4.69, 9.17) is 14.0 Å². The highest BCUT2D eigenvalue weighted by molar-refractivity contribution is 5.45. The summed E-state index contributed by atoms with van der Waals surface area (Å²) in [6.07, 6.45) is 1.57. The van der Waals surface area contributed by atoms with Gasteiger partial charge in [-0.1, -0.05) is 11.2 Å². The van der Waals surface area contributed by atoms with Crippen LogP contribution in [0.5, 0.6) is 11.5 Å². The highest BCUT2D eigenvalue weighted by Crippen LogP contribution is 2.34. The molecule has 2 heterocycles. The first-order chi connectivity index (χ1) is 8.83. The molecule has 18 heavy (non-hydrogen) atoms. The van der Waals surface area contributed by atoms with Crippen LogP contribution in [0.4, 0.5) is 0 Å². The van der Waals surface area contributed by atoms with Crippen molar-refractivity contribution in [2.75, 3.05) is 6.79 Å². The van der Waals surface area contributed by atoms with Gasteiger partial charge in [-0.3, -0.25) is 0 Å². The number of ether oxygens (including phenoxy) is 2. The molecule has 0 saturated heterocycles. The summed E-state index contributed by atoms with van der Waals surface area (Å²) >= 11 is 0. The van der Waals surface area contributed by atoms with Crippen molar-refractivity contribution in [3.8, 4) is 11.5 Å². The normalized spacial score (nSPS) is 14.7. The van der Waals surface area contributed by atoms with Crippen molar-refractivity contribution in [3.63, 3.8) is 0 Å². The second-order valence-electron chi connectivity index (χ2n) is 4.21. The molecule has 0 saturated carbocycles. The zero-order valence-corrected chi connectivity index (χ0v) is 10.1. The van der Waals surface area contributed by atoms with Crippen LogP contribution >= 0.6 is 0 Å². The standard InChI is InChI=1S/C13H14N2O3/c1-9(14-7-11-4-5-18-15-11)10-2-3-12-13(6-10)17-8-16-12/h2-6,9,14H,7-8H2,1H3. The molecule has 0 aliphatic carbocycles. The van der Waals surface area contributed by atoms with Crippen LogP contribution in [0.1, 0.15) is 24.2 Å². The maximum atomic E-state index is 5.36. The first-order valence-electron chi connectivity index (χ1n) is 5.85. The zero-order valence-electron chi connectivity index (χ0n) is 10.1. The molecule has 3 rings (SSSR count). The van der Waals surface area contributed by atoms with Gasteiger partial charge in [0.2, 0.25) is 6.79 Å². The van der Waals surface area contributed by atoms with E-state index >= 15 is 0 Å². The van der Waals surface area contributed by atoms with Gasteiger partial charge in [0, 0.05) is 18.7 Å². The van der Waals surface area contributed by atoms with Crippen molar-refractivity contribution in [1.82, 2.24) is 10.5 Å². The van der Waals surface area contributed by atoms with Crippen LogP contribution in [0.2, 0.25) is 0 Å². The molecule has 0 radical (unpaired) electrons. The first kappa shape index (κ1) is 11.1. The predicted octanol–water partition coefficient (Wildman–Crippen LogP) is 2.25. The van der Waals surface area contributed by atoms with Gasteiger partial charge < -0.3 is 19.3 Å². The molecule has 0 spiro atoms. The summed E-state index contributed by atoms with van der Waals surface area (Å²) < 4.78 is 15.4. The molecule has 0 bridgehead atoms. The molecule has 1 aliphatic rings. The van der Waals surface area contributed by atoms with Crippen LogP contribution in [0.15, 0.2) is 35.1 Å². The predicted molar refractivity (Wildman–Crippen MR) is 64.3 cm³/mol. The Balaban J connectivity index is 1.67. The Hall–Kier alpha value is -2.01. The minimum Gasteiger partial charge on any atom is -0.454 e. The average Bonchev–Trinajstić information content (AvgIpc) is 3.05. The highest BCUT2D eigenvalue weighted by atomic mass is 16.7. The summed E-state index contributed by atoms with van der Waals surface area (Å²) in [5.41, 5.74) is 2.05. The molecule has 5 nitrogen and oxygen atoms in total. The lowest BCUT2D eigenvalue weighted by molar-refractivity contribution is 0.174. The molecule has 5 heteroatoms. The quantitative estimate of drug-likeness (QED) is 0.896. The SMILES string of the molecule is CC(NCc1ccon1)c1ccc2c(c1)OCO2. The summed E-state index contributed by atoms with van der Waals surface area (Å²) in [7, 11) is 0. The van der Waals surface area contributed by atoms with Crippen LogP contribution in [0, 0.1) is 0 Å². The van der Waals surface area contributed by atoms with Crippen molar-refractivity contribution in [3.05, 3.63) is 41.8 Å². The molecular weight excluding hydrogens is 232 g/mol. The monoisotopic (exact) mass is 246 g/mol. The number of fused-ring (bicyclic) bond motifs is 1. The average molecular weight is 246 g/mol. The molecule has 0 fully saturated rings. The largest absolute Gasteiger partial charge is 0.454 e. The van der Waals surface area contributed by atoms with E-state index in [0.29, 0.717) is 13.3 Å². The molecule has 1 unspecified atom stereocenters. The molecule has 1 aliphatic heterocycles. The number of aromatic nitrogens is 1. The van der Waals surface area contributed by atoms with Gasteiger partial charge in [-0.2, -0.15) is 0 Å². The minimum absolute atomic E-state index is 0.205. The topological polar surface area (TPSA) is 56.5 Å². The fourth-order valence-corrected chi connectivity index (χ4v) is 1.89. The van der Waals surface area contributed by atoms with Crippen LogP contribution in [0.25, 0.3) is 0 Å². The highest BCUT2D eigenvalue weighted by Gasteiger charge is 2.15. The van der Waals surface area contributed by atoms with E-state index < -0.39 is 0 Å².